The van der Waals surface area contributed by atoms with Crippen molar-refractivity contribution in [2.45, 2.75) is 52.1 Å². The lowest BCUT2D eigenvalue weighted by Crippen LogP contribution is -2.44. The molecule has 0 radical (unpaired) electrons. The minimum atomic E-state index is 0.208. The Balaban J connectivity index is 2.07. The van der Waals surface area contributed by atoms with Crippen molar-refractivity contribution in [2.75, 3.05) is 13.1 Å². The van der Waals surface area contributed by atoms with E-state index < -0.39 is 0 Å². The van der Waals surface area contributed by atoms with Crippen molar-refractivity contribution in [1.82, 2.24) is 10.6 Å². The molecule has 0 aliphatic carbocycles. The fourth-order valence-corrected chi connectivity index (χ4v) is 1.82. The predicted molar refractivity (Wildman–Crippen MR) is 80.0 cm³/mol. The third-order valence-corrected chi connectivity index (χ3v) is 2.92. The Hall–Kier alpha value is -0.860. The van der Waals surface area contributed by atoms with E-state index in [9.17, 15) is 0 Å². The van der Waals surface area contributed by atoms with Crippen LogP contribution in [-0.2, 0) is 6.42 Å². The zero-order chi connectivity index (χ0) is 13.4. The number of benzene rings is 1. The van der Waals surface area contributed by atoms with Crippen LogP contribution in [0.15, 0.2) is 30.3 Å². The van der Waals surface area contributed by atoms with Crippen LogP contribution in [0.2, 0.25) is 0 Å². The van der Waals surface area contributed by atoms with Crippen LogP contribution in [0.4, 0.5) is 0 Å². The molecule has 0 saturated heterocycles. The van der Waals surface area contributed by atoms with E-state index in [2.05, 4.69) is 68.7 Å². The molecule has 18 heavy (non-hydrogen) atoms. The maximum atomic E-state index is 3.56. The number of nitrogens with one attached hydrogen (secondary N) is 2. The second-order valence-electron chi connectivity index (χ2n) is 6.08. The molecule has 0 aliphatic rings. The van der Waals surface area contributed by atoms with Crippen LogP contribution >= 0.6 is 0 Å². The first-order valence-corrected chi connectivity index (χ1v) is 7.00. The molecule has 2 N–H and O–H groups in total. The lowest BCUT2D eigenvalue weighted by Gasteiger charge is -2.24. The molecule has 0 heterocycles. The van der Waals surface area contributed by atoms with Gasteiger partial charge in [-0.15, -0.1) is 0 Å². The highest BCUT2D eigenvalue weighted by Crippen LogP contribution is 2.02. The Morgan fingerprint density at radius 2 is 1.78 bits per heavy atom. The molecule has 1 atom stereocenters. The molecule has 1 aromatic rings. The van der Waals surface area contributed by atoms with Crippen molar-refractivity contribution in [3.63, 3.8) is 0 Å². The number of hydrogen-bond donors (Lipinski definition) is 2. The van der Waals surface area contributed by atoms with Crippen LogP contribution in [0.1, 0.15) is 39.7 Å². The molecule has 1 aromatic carbocycles. The van der Waals surface area contributed by atoms with E-state index >= 15 is 0 Å². The summed E-state index contributed by atoms with van der Waals surface area (Å²) in [6.45, 7) is 11.0. The third kappa shape index (κ3) is 7.46. The molecule has 0 fully saturated rings. The van der Waals surface area contributed by atoms with Gasteiger partial charge in [0.1, 0.15) is 0 Å². The third-order valence-electron chi connectivity index (χ3n) is 2.92. The minimum Gasteiger partial charge on any atom is -0.313 e. The van der Waals surface area contributed by atoms with Gasteiger partial charge in [-0.1, -0.05) is 30.3 Å². The van der Waals surface area contributed by atoms with Crippen LogP contribution in [0.5, 0.6) is 0 Å². The topological polar surface area (TPSA) is 24.1 Å². The predicted octanol–water partition coefficient (Wildman–Crippen LogP) is 2.99. The van der Waals surface area contributed by atoms with E-state index in [0.717, 1.165) is 19.5 Å². The van der Waals surface area contributed by atoms with Gasteiger partial charge in [0.05, 0.1) is 0 Å². The van der Waals surface area contributed by atoms with Gasteiger partial charge in [0.25, 0.3) is 0 Å². The van der Waals surface area contributed by atoms with Crippen molar-refractivity contribution in [3.8, 4) is 0 Å². The van der Waals surface area contributed by atoms with Gasteiger partial charge < -0.3 is 10.6 Å². The number of aryl methyl sites for hydroxylation is 1. The van der Waals surface area contributed by atoms with E-state index in [-0.39, 0.29) is 5.54 Å². The van der Waals surface area contributed by atoms with E-state index in [1.54, 1.807) is 0 Å². The highest BCUT2D eigenvalue weighted by atomic mass is 15.0. The molecule has 2 heteroatoms. The van der Waals surface area contributed by atoms with Crippen molar-refractivity contribution >= 4 is 0 Å². The largest absolute Gasteiger partial charge is 0.313 e. The summed E-state index contributed by atoms with van der Waals surface area (Å²) in [7, 11) is 0. The molecule has 0 spiro atoms. The summed E-state index contributed by atoms with van der Waals surface area (Å²) >= 11 is 0. The fourth-order valence-electron chi connectivity index (χ4n) is 1.82. The minimum absolute atomic E-state index is 0.208. The summed E-state index contributed by atoms with van der Waals surface area (Å²) in [5.41, 5.74) is 1.64. The lowest BCUT2D eigenvalue weighted by molar-refractivity contribution is 0.387. The molecular weight excluding hydrogens is 220 g/mol. The molecule has 0 aliphatic heterocycles. The summed E-state index contributed by atoms with van der Waals surface area (Å²) in [5, 5.41) is 7.08. The van der Waals surface area contributed by atoms with Crippen molar-refractivity contribution in [3.05, 3.63) is 35.9 Å². The standard InChI is InChI=1S/C16H28N2/c1-14(13-18-16(2,3)4)17-12-8-11-15-9-6-5-7-10-15/h5-7,9-10,14,17-18H,8,11-13H2,1-4H3. The average Bonchev–Trinajstić information content (AvgIpc) is 2.33. The number of hydrogen-bond acceptors (Lipinski definition) is 2. The maximum Gasteiger partial charge on any atom is 0.0164 e. The van der Waals surface area contributed by atoms with Gasteiger partial charge in [0.15, 0.2) is 0 Å². The van der Waals surface area contributed by atoms with Gasteiger partial charge >= 0.3 is 0 Å². The zero-order valence-electron chi connectivity index (χ0n) is 12.3. The highest BCUT2D eigenvalue weighted by Gasteiger charge is 2.10. The molecular formula is C16H28N2. The first-order valence-electron chi connectivity index (χ1n) is 7.00. The average molecular weight is 248 g/mol. The Bertz CT molecular complexity index is 314. The number of rotatable bonds is 7. The molecule has 1 unspecified atom stereocenters. The Morgan fingerprint density at radius 3 is 2.39 bits per heavy atom. The second-order valence-corrected chi connectivity index (χ2v) is 6.08. The Kier molecular flexibility index (Phi) is 6.37. The lowest BCUT2D eigenvalue weighted by atomic mass is 10.1. The summed E-state index contributed by atoms with van der Waals surface area (Å²) in [6.07, 6.45) is 2.36. The molecule has 0 bridgehead atoms. The highest BCUT2D eigenvalue weighted by molar-refractivity contribution is 5.14. The smallest absolute Gasteiger partial charge is 0.0164 e. The molecule has 102 valence electrons. The normalized spacial score (nSPS) is 13.6. The molecule has 0 aromatic heterocycles. The van der Waals surface area contributed by atoms with Crippen LogP contribution in [-0.4, -0.2) is 24.7 Å². The van der Waals surface area contributed by atoms with Gasteiger partial charge in [0, 0.05) is 18.1 Å². The molecule has 2 nitrogen and oxygen atoms in total. The van der Waals surface area contributed by atoms with Crippen LogP contribution in [0.3, 0.4) is 0 Å². The maximum absolute atomic E-state index is 3.56. The van der Waals surface area contributed by atoms with Crippen molar-refractivity contribution < 1.29 is 0 Å². The van der Waals surface area contributed by atoms with Gasteiger partial charge in [-0.25, -0.2) is 0 Å². The van der Waals surface area contributed by atoms with Gasteiger partial charge in [-0.2, -0.15) is 0 Å². The summed E-state index contributed by atoms with van der Waals surface area (Å²) in [6, 6.07) is 11.2. The second kappa shape index (κ2) is 7.55. The van der Waals surface area contributed by atoms with E-state index in [0.29, 0.717) is 6.04 Å². The Labute approximate surface area is 112 Å². The molecule has 1 rings (SSSR count). The molecule has 0 amide bonds. The van der Waals surface area contributed by atoms with Gasteiger partial charge in [-0.3, -0.25) is 0 Å². The summed E-state index contributed by atoms with van der Waals surface area (Å²) in [4.78, 5) is 0. The Morgan fingerprint density at radius 1 is 1.11 bits per heavy atom. The van der Waals surface area contributed by atoms with Gasteiger partial charge in [0.2, 0.25) is 0 Å². The van der Waals surface area contributed by atoms with E-state index in [1.807, 2.05) is 0 Å². The van der Waals surface area contributed by atoms with Crippen molar-refractivity contribution in [1.29, 1.82) is 0 Å². The van der Waals surface area contributed by atoms with E-state index in [4.69, 9.17) is 0 Å². The first kappa shape index (κ1) is 15.2. The monoisotopic (exact) mass is 248 g/mol. The van der Waals surface area contributed by atoms with Crippen LogP contribution in [0, 0.1) is 0 Å². The first-order chi connectivity index (χ1) is 8.47. The van der Waals surface area contributed by atoms with Gasteiger partial charge in [-0.05, 0) is 52.6 Å². The molecule has 0 saturated carbocycles. The summed E-state index contributed by atoms with van der Waals surface area (Å²) in [5.74, 6) is 0. The van der Waals surface area contributed by atoms with Crippen molar-refractivity contribution in [2.24, 2.45) is 0 Å². The quantitative estimate of drug-likeness (QED) is 0.725. The van der Waals surface area contributed by atoms with Crippen LogP contribution < -0.4 is 10.6 Å². The zero-order valence-corrected chi connectivity index (χ0v) is 12.3. The fraction of sp³-hybridized carbons (Fsp3) is 0.625. The van der Waals surface area contributed by atoms with Crippen LogP contribution in [0.25, 0.3) is 0 Å². The van der Waals surface area contributed by atoms with E-state index in [1.165, 1.54) is 12.0 Å². The SMILES string of the molecule is CC(CNC(C)(C)C)NCCCc1ccccc1. The summed E-state index contributed by atoms with van der Waals surface area (Å²) < 4.78 is 0.